The molecule has 1 N–H and O–H groups in total. The summed E-state index contributed by atoms with van der Waals surface area (Å²) in [6, 6.07) is 17.4. The van der Waals surface area contributed by atoms with Gasteiger partial charge in [0.25, 0.3) is 0 Å². The van der Waals surface area contributed by atoms with Gasteiger partial charge in [0.15, 0.2) is 0 Å². The minimum atomic E-state index is -0.579. The number of thiophene rings is 1. The molecule has 1 amide bonds. The van der Waals surface area contributed by atoms with Crippen molar-refractivity contribution in [3.63, 3.8) is 0 Å². The van der Waals surface area contributed by atoms with Crippen LogP contribution in [0.5, 0.6) is 0 Å². The maximum Gasteiger partial charge on any atom is 0.234 e. The third-order valence-corrected chi connectivity index (χ3v) is 5.98. The highest BCUT2D eigenvalue weighted by molar-refractivity contribution is 8.03. The zero-order valence-corrected chi connectivity index (χ0v) is 16.2. The number of para-hydroxylation sites is 1. The number of amides is 1. The molecule has 1 aromatic heterocycles. The van der Waals surface area contributed by atoms with Crippen LogP contribution in [0.25, 0.3) is 0 Å². The Bertz CT molecular complexity index is 966. The minimum Gasteiger partial charge on any atom is -0.325 e. The van der Waals surface area contributed by atoms with E-state index < -0.39 is 11.8 Å². The fourth-order valence-corrected chi connectivity index (χ4v) is 4.63. The van der Waals surface area contributed by atoms with Crippen LogP contribution in [0.2, 0.25) is 0 Å². The number of nitriles is 2. The monoisotopic (exact) mass is 392 g/mol. The predicted molar refractivity (Wildman–Crippen MR) is 109 cm³/mol. The summed E-state index contributed by atoms with van der Waals surface area (Å²) >= 11 is 2.74. The molecule has 2 atom stereocenters. The van der Waals surface area contributed by atoms with Crippen LogP contribution in [-0.4, -0.2) is 17.4 Å². The van der Waals surface area contributed by atoms with Gasteiger partial charge in [-0.25, -0.2) is 4.99 Å². The lowest BCUT2D eigenvalue weighted by atomic mass is 9.80. The van der Waals surface area contributed by atoms with Gasteiger partial charge in [0.1, 0.15) is 5.03 Å². The van der Waals surface area contributed by atoms with E-state index in [4.69, 9.17) is 5.26 Å². The largest absolute Gasteiger partial charge is 0.325 e. The summed E-state index contributed by atoms with van der Waals surface area (Å²) in [5, 5.41) is 24.1. The van der Waals surface area contributed by atoms with Crippen molar-refractivity contribution in [3.05, 3.63) is 63.3 Å². The average molecular weight is 393 g/mol. The summed E-state index contributed by atoms with van der Waals surface area (Å²) in [5.41, 5.74) is 1.78. The van der Waals surface area contributed by atoms with E-state index in [-0.39, 0.29) is 11.7 Å². The maximum absolute atomic E-state index is 13.1. The third-order valence-electron chi connectivity index (χ3n) is 4.17. The number of rotatable bonds is 5. The van der Waals surface area contributed by atoms with Gasteiger partial charge in [-0.15, -0.1) is 11.3 Å². The minimum absolute atomic E-state index is 0.196. The lowest BCUT2D eigenvalue weighted by molar-refractivity contribution is -0.118. The zero-order valence-electron chi connectivity index (χ0n) is 14.5. The summed E-state index contributed by atoms with van der Waals surface area (Å²) < 4.78 is 0. The quantitative estimate of drug-likeness (QED) is 0.808. The molecule has 2 aromatic rings. The van der Waals surface area contributed by atoms with Crippen molar-refractivity contribution < 1.29 is 4.79 Å². The predicted octanol–water partition coefficient (Wildman–Crippen LogP) is 4.55. The molecule has 0 radical (unpaired) electrons. The van der Waals surface area contributed by atoms with Gasteiger partial charge >= 0.3 is 0 Å². The number of aliphatic imine (C=N–C) groups is 1. The van der Waals surface area contributed by atoms with E-state index in [9.17, 15) is 10.1 Å². The van der Waals surface area contributed by atoms with Gasteiger partial charge in [0.05, 0.1) is 29.4 Å². The van der Waals surface area contributed by atoms with E-state index in [0.717, 1.165) is 4.88 Å². The van der Waals surface area contributed by atoms with E-state index in [0.29, 0.717) is 22.0 Å². The Labute approximate surface area is 166 Å². The Morgan fingerprint density at radius 1 is 1.26 bits per heavy atom. The zero-order chi connectivity index (χ0) is 19.2. The fraction of sp³-hybridized carbons (Fsp3) is 0.200. The smallest absolute Gasteiger partial charge is 0.234 e. The first-order valence-electron chi connectivity index (χ1n) is 8.24. The summed E-state index contributed by atoms with van der Waals surface area (Å²) in [4.78, 5) is 18.5. The molecule has 0 fully saturated rings. The molecule has 7 heteroatoms. The molecule has 0 aliphatic carbocycles. The molecular weight excluding hydrogens is 376 g/mol. The number of anilines is 1. The van der Waals surface area contributed by atoms with Crippen molar-refractivity contribution in [1.82, 2.24) is 0 Å². The van der Waals surface area contributed by atoms with E-state index in [2.05, 4.69) is 22.4 Å². The SMILES string of the molecule is CC1=NC(SCC#N)=C(C#N)[C@H](c2cccs2)C1C(=O)Nc1ccccc1. The first-order chi connectivity index (χ1) is 13.2. The van der Waals surface area contributed by atoms with Gasteiger partial charge in [0, 0.05) is 22.2 Å². The van der Waals surface area contributed by atoms with Crippen molar-refractivity contribution in [2.45, 2.75) is 12.8 Å². The standard InChI is InChI=1S/C20H16N4OS2/c1-13-17(19(25)24-14-6-3-2-4-7-14)18(16-8-5-10-26-16)15(12-22)20(23-13)27-11-9-21/h2-8,10,17-18H,11H2,1H3,(H,24,25)/t17?,18-/m1/s1. The third kappa shape index (κ3) is 4.11. The van der Waals surface area contributed by atoms with Gasteiger partial charge in [0.2, 0.25) is 5.91 Å². The fourth-order valence-electron chi connectivity index (χ4n) is 3.02. The number of hydrogen-bond donors (Lipinski definition) is 1. The summed E-state index contributed by atoms with van der Waals surface area (Å²) in [7, 11) is 0. The first kappa shape index (κ1) is 18.9. The molecule has 2 heterocycles. The van der Waals surface area contributed by atoms with Crippen LogP contribution < -0.4 is 5.32 Å². The number of benzene rings is 1. The number of thioether (sulfide) groups is 1. The van der Waals surface area contributed by atoms with Crippen molar-refractivity contribution in [2.75, 3.05) is 11.1 Å². The molecule has 0 bridgehead atoms. The summed E-state index contributed by atoms with van der Waals surface area (Å²) in [6.07, 6.45) is 0. The molecule has 5 nitrogen and oxygen atoms in total. The molecule has 3 rings (SSSR count). The number of allylic oxidation sites excluding steroid dienone is 1. The molecule has 1 aromatic carbocycles. The highest BCUT2D eigenvalue weighted by Gasteiger charge is 2.40. The van der Waals surface area contributed by atoms with Crippen LogP contribution in [0.15, 0.2) is 63.4 Å². The number of nitrogens with zero attached hydrogens (tertiary/aromatic N) is 3. The van der Waals surface area contributed by atoms with E-state index in [1.54, 1.807) is 6.92 Å². The van der Waals surface area contributed by atoms with Crippen LogP contribution in [0, 0.1) is 28.6 Å². The van der Waals surface area contributed by atoms with Gasteiger partial charge < -0.3 is 5.32 Å². The molecule has 1 unspecified atom stereocenters. The summed E-state index contributed by atoms with van der Waals surface area (Å²) in [6.45, 7) is 1.80. The lowest BCUT2D eigenvalue weighted by Gasteiger charge is -2.29. The lowest BCUT2D eigenvalue weighted by Crippen LogP contribution is -2.36. The Balaban J connectivity index is 2.01. The molecule has 0 saturated heterocycles. The topological polar surface area (TPSA) is 89.0 Å². The van der Waals surface area contributed by atoms with Gasteiger partial charge in [-0.05, 0) is 30.5 Å². The summed E-state index contributed by atoms with van der Waals surface area (Å²) in [5.74, 6) is -0.977. The number of carbonyl (C=O) groups is 1. The number of hydrogen-bond acceptors (Lipinski definition) is 6. The first-order valence-corrected chi connectivity index (χ1v) is 10.1. The van der Waals surface area contributed by atoms with Gasteiger partial charge in [-0.2, -0.15) is 10.5 Å². The molecule has 134 valence electrons. The van der Waals surface area contributed by atoms with Crippen LogP contribution in [0.1, 0.15) is 17.7 Å². The normalized spacial score (nSPS) is 19.0. The van der Waals surface area contributed by atoms with E-state index in [1.807, 2.05) is 47.8 Å². The van der Waals surface area contributed by atoms with Crippen LogP contribution in [-0.2, 0) is 4.79 Å². The second-order valence-electron chi connectivity index (χ2n) is 5.86. The van der Waals surface area contributed by atoms with Crippen molar-refractivity contribution in [1.29, 1.82) is 10.5 Å². The maximum atomic E-state index is 13.1. The molecule has 1 aliphatic rings. The highest BCUT2D eigenvalue weighted by atomic mass is 32.2. The molecule has 1 aliphatic heterocycles. The average Bonchev–Trinajstić information content (AvgIpc) is 3.20. The molecule has 0 spiro atoms. The van der Waals surface area contributed by atoms with Crippen molar-refractivity contribution >= 4 is 40.4 Å². The Kier molecular flexibility index (Phi) is 6.08. The molecular formula is C20H16N4OS2. The second-order valence-corrected chi connectivity index (χ2v) is 7.80. The van der Waals surface area contributed by atoms with E-state index >= 15 is 0 Å². The van der Waals surface area contributed by atoms with Crippen molar-refractivity contribution in [3.8, 4) is 12.1 Å². The van der Waals surface area contributed by atoms with Crippen molar-refractivity contribution in [2.24, 2.45) is 10.9 Å². The molecule has 0 saturated carbocycles. The van der Waals surface area contributed by atoms with Gasteiger partial charge in [-0.3, -0.25) is 4.79 Å². The Morgan fingerprint density at radius 2 is 2.04 bits per heavy atom. The molecule has 27 heavy (non-hydrogen) atoms. The second kappa shape index (κ2) is 8.68. The van der Waals surface area contributed by atoms with Crippen LogP contribution in [0.4, 0.5) is 5.69 Å². The number of nitrogens with one attached hydrogen (secondary N) is 1. The Morgan fingerprint density at radius 3 is 2.67 bits per heavy atom. The van der Waals surface area contributed by atoms with Crippen LogP contribution >= 0.6 is 23.1 Å². The number of carbonyl (C=O) groups excluding carboxylic acids is 1. The van der Waals surface area contributed by atoms with E-state index in [1.165, 1.54) is 23.1 Å². The van der Waals surface area contributed by atoms with Gasteiger partial charge in [-0.1, -0.05) is 36.0 Å². The van der Waals surface area contributed by atoms with Crippen LogP contribution in [0.3, 0.4) is 0 Å². The Hall–Kier alpha value is -2.87. The highest BCUT2D eigenvalue weighted by Crippen LogP contribution is 2.43.